The molecule has 0 amide bonds. The van der Waals surface area contributed by atoms with Crippen LogP contribution in [0.5, 0.6) is 0 Å². The van der Waals surface area contributed by atoms with Gasteiger partial charge in [0.2, 0.25) is 0 Å². The minimum Gasteiger partial charge on any atom is -0.393 e. The average molecular weight is 351 g/mol. The van der Waals surface area contributed by atoms with Crippen molar-refractivity contribution in [1.29, 1.82) is 0 Å². The van der Waals surface area contributed by atoms with Crippen molar-refractivity contribution < 1.29 is 15.3 Å². The van der Waals surface area contributed by atoms with Gasteiger partial charge in [-0.15, -0.1) is 0 Å². The maximum Gasteiger partial charge on any atom is 0.0958 e. The van der Waals surface area contributed by atoms with Crippen LogP contribution in [0.25, 0.3) is 0 Å². The molecule has 3 heteroatoms. The van der Waals surface area contributed by atoms with Crippen LogP contribution in [0.2, 0.25) is 0 Å². The molecule has 4 aliphatic carbocycles. The molecular weight excluding hydrogens is 312 g/mol. The summed E-state index contributed by atoms with van der Waals surface area (Å²) in [4.78, 5) is 0. The zero-order valence-electron chi connectivity index (χ0n) is 16.6. The fourth-order valence-electron chi connectivity index (χ4n) is 8.35. The number of aliphatic hydroxyl groups is 3. The van der Waals surface area contributed by atoms with E-state index in [0.29, 0.717) is 23.2 Å². The molecule has 25 heavy (non-hydrogen) atoms. The maximum atomic E-state index is 11.3. The second-order valence-electron chi connectivity index (χ2n) is 10.9. The van der Waals surface area contributed by atoms with E-state index < -0.39 is 11.7 Å². The molecule has 7 unspecified atom stereocenters. The van der Waals surface area contributed by atoms with Gasteiger partial charge in [0.15, 0.2) is 0 Å². The Hall–Kier alpha value is -0.120. The lowest BCUT2D eigenvalue weighted by atomic mass is 9.40. The first-order valence-corrected chi connectivity index (χ1v) is 10.7. The smallest absolute Gasteiger partial charge is 0.0958 e. The van der Waals surface area contributed by atoms with Crippen molar-refractivity contribution in [2.45, 2.75) is 103 Å². The minimum absolute atomic E-state index is 0.115. The first kappa shape index (κ1) is 18.3. The fraction of sp³-hybridized carbons (Fsp3) is 1.00. The second-order valence-corrected chi connectivity index (χ2v) is 10.9. The molecule has 0 heterocycles. The van der Waals surface area contributed by atoms with Crippen LogP contribution < -0.4 is 0 Å². The van der Waals surface area contributed by atoms with E-state index >= 15 is 0 Å². The molecule has 0 aromatic rings. The van der Waals surface area contributed by atoms with E-state index in [1.165, 1.54) is 19.3 Å². The fourth-order valence-corrected chi connectivity index (χ4v) is 8.35. The van der Waals surface area contributed by atoms with E-state index in [4.69, 9.17) is 0 Å². The first-order valence-electron chi connectivity index (χ1n) is 10.7. The Balaban J connectivity index is 1.67. The van der Waals surface area contributed by atoms with Gasteiger partial charge in [-0.3, -0.25) is 0 Å². The number of rotatable bonds is 1. The van der Waals surface area contributed by atoms with Gasteiger partial charge >= 0.3 is 0 Å². The van der Waals surface area contributed by atoms with Crippen molar-refractivity contribution >= 4 is 0 Å². The third-order valence-electron chi connectivity index (χ3n) is 10.3. The highest BCUT2D eigenvalue weighted by atomic mass is 16.3. The van der Waals surface area contributed by atoms with E-state index in [1.54, 1.807) is 6.92 Å². The van der Waals surface area contributed by atoms with Crippen LogP contribution in [0.4, 0.5) is 0 Å². The number of hydrogen-bond acceptors (Lipinski definition) is 3. The van der Waals surface area contributed by atoms with Gasteiger partial charge in [0.25, 0.3) is 0 Å². The standard InChI is InChI=1S/C22H38O3/c1-14(23)22(25)12-8-18-16-6-9-19(2)13-15(24)5-10-20(19,3)17(16)7-11-21(18,22)4/h14-18,23-25H,5-13H2,1-4H3/t14?,15-,16?,17?,18?,19?,20?,21?,22+/m1/s1. The third-order valence-corrected chi connectivity index (χ3v) is 10.3. The second kappa shape index (κ2) is 5.45. The van der Waals surface area contributed by atoms with Crippen LogP contribution in [0, 0.1) is 34.0 Å². The topological polar surface area (TPSA) is 60.7 Å². The van der Waals surface area contributed by atoms with Crippen LogP contribution in [0.15, 0.2) is 0 Å². The summed E-state index contributed by atoms with van der Waals surface area (Å²) < 4.78 is 0. The van der Waals surface area contributed by atoms with Gasteiger partial charge in [-0.05, 0) is 93.3 Å². The van der Waals surface area contributed by atoms with E-state index in [-0.39, 0.29) is 16.9 Å². The summed E-state index contributed by atoms with van der Waals surface area (Å²) in [5.74, 6) is 1.94. The summed E-state index contributed by atoms with van der Waals surface area (Å²) in [6.07, 6.45) is 8.78. The van der Waals surface area contributed by atoms with E-state index in [9.17, 15) is 15.3 Å². The summed E-state index contributed by atoms with van der Waals surface area (Å²) in [5.41, 5.74) is -0.464. The average Bonchev–Trinajstić information content (AvgIpc) is 2.82. The molecule has 3 nitrogen and oxygen atoms in total. The Morgan fingerprint density at radius 1 is 0.840 bits per heavy atom. The summed E-state index contributed by atoms with van der Waals surface area (Å²) in [6, 6.07) is 0. The molecule has 0 radical (unpaired) electrons. The molecule has 0 aromatic heterocycles. The van der Waals surface area contributed by atoms with Gasteiger partial charge in [0.1, 0.15) is 0 Å². The number of fused-ring (bicyclic) bond motifs is 5. The summed E-state index contributed by atoms with van der Waals surface area (Å²) >= 11 is 0. The Labute approximate surface area is 153 Å². The lowest BCUT2D eigenvalue weighted by Gasteiger charge is -2.65. The van der Waals surface area contributed by atoms with Gasteiger partial charge in [-0.1, -0.05) is 20.8 Å². The van der Waals surface area contributed by atoms with Crippen LogP contribution in [0.1, 0.15) is 85.5 Å². The molecule has 0 bridgehead atoms. The van der Waals surface area contributed by atoms with Crippen LogP contribution in [0.3, 0.4) is 0 Å². The zero-order chi connectivity index (χ0) is 18.3. The molecule has 0 aliphatic heterocycles. The largest absolute Gasteiger partial charge is 0.393 e. The molecular formula is C22H38O3. The summed E-state index contributed by atoms with van der Waals surface area (Å²) in [6.45, 7) is 8.98. The van der Waals surface area contributed by atoms with E-state index in [0.717, 1.165) is 38.5 Å². The lowest BCUT2D eigenvalue weighted by molar-refractivity contribution is -0.203. The summed E-state index contributed by atoms with van der Waals surface area (Å²) in [5, 5.41) is 31.9. The Morgan fingerprint density at radius 2 is 1.44 bits per heavy atom. The SMILES string of the molecule is CC(O)[C@@]1(O)CCC2C3CCC4(C)C[C@H](O)CCC4(C)C3CCC21C. The van der Waals surface area contributed by atoms with Crippen molar-refractivity contribution in [3.63, 3.8) is 0 Å². The quantitative estimate of drug-likeness (QED) is 0.672. The molecule has 4 rings (SSSR count). The van der Waals surface area contributed by atoms with Gasteiger partial charge < -0.3 is 15.3 Å². The van der Waals surface area contributed by atoms with Gasteiger partial charge in [-0.25, -0.2) is 0 Å². The van der Waals surface area contributed by atoms with Crippen molar-refractivity contribution in [2.75, 3.05) is 0 Å². The predicted octanol–water partition coefficient (Wildman–Crippen LogP) is 3.89. The molecule has 0 spiro atoms. The van der Waals surface area contributed by atoms with Gasteiger partial charge in [-0.2, -0.15) is 0 Å². The highest BCUT2D eigenvalue weighted by Crippen LogP contribution is 2.71. The Bertz CT molecular complexity index is 547. The maximum absolute atomic E-state index is 11.3. The Kier molecular flexibility index (Phi) is 3.98. The zero-order valence-corrected chi connectivity index (χ0v) is 16.6. The van der Waals surface area contributed by atoms with Gasteiger partial charge in [0.05, 0.1) is 17.8 Å². The highest BCUT2D eigenvalue weighted by molar-refractivity contribution is 5.16. The number of hydrogen-bond donors (Lipinski definition) is 3. The van der Waals surface area contributed by atoms with Crippen LogP contribution >= 0.6 is 0 Å². The van der Waals surface area contributed by atoms with Crippen molar-refractivity contribution in [1.82, 2.24) is 0 Å². The Morgan fingerprint density at radius 3 is 2.12 bits per heavy atom. The molecule has 4 fully saturated rings. The molecule has 0 aromatic carbocycles. The highest BCUT2D eigenvalue weighted by Gasteiger charge is 2.67. The first-order chi connectivity index (χ1) is 11.6. The summed E-state index contributed by atoms with van der Waals surface area (Å²) in [7, 11) is 0. The van der Waals surface area contributed by atoms with Crippen molar-refractivity contribution in [3.8, 4) is 0 Å². The van der Waals surface area contributed by atoms with Crippen LogP contribution in [-0.4, -0.2) is 33.1 Å². The van der Waals surface area contributed by atoms with E-state index in [1.807, 2.05) is 0 Å². The lowest BCUT2D eigenvalue weighted by Crippen LogP contribution is -2.61. The van der Waals surface area contributed by atoms with Crippen molar-refractivity contribution in [2.24, 2.45) is 34.0 Å². The molecule has 3 N–H and O–H groups in total. The molecule has 144 valence electrons. The predicted molar refractivity (Wildman–Crippen MR) is 99.0 cm³/mol. The van der Waals surface area contributed by atoms with Gasteiger partial charge in [0, 0.05) is 5.41 Å². The minimum atomic E-state index is -0.910. The molecule has 4 aliphatic rings. The number of aliphatic hydroxyl groups excluding tert-OH is 2. The van der Waals surface area contributed by atoms with Crippen molar-refractivity contribution in [3.05, 3.63) is 0 Å². The molecule has 0 saturated heterocycles. The third kappa shape index (κ3) is 2.15. The monoisotopic (exact) mass is 350 g/mol. The van der Waals surface area contributed by atoms with Crippen LogP contribution in [-0.2, 0) is 0 Å². The van der Waals surface area contributed by atoms with E-state index in [2.05, 4.69) is 20.8 Å². The molecule has 9 atom stereocenters. The normalized spacial score (nSPS) is 59.6. The molecule has 4 saturated carbocycles.